The highest BCUT2D eigenvalue weighted by Crippen LogP contribution is 2.32. The van der Waals surface area contributed by atoms with Gasteiger partial charge in [0.15, 0.2) is 11.5 Å². The molecule has 0 atom stereocenters. The molecule has 0 aliphatic carbocycles. The maximum atomic E-state index is 11.8. The van der Waals surface area contributed by atoms with E-state index >= 15 is 0 Å². The Morgan fingerprint density at radius 1 is 1.13 bits per heavy atom. The zero-order valence-electron chi connectivity index (χ0n) is 12.7. The highest BCUT2D eigenvalue weighted by Gasteiger charge is 2.25. The Balaban J connectivity index is 1.37. The van der Waals surface area contributed by atoms with Crippen LogP contribution in [0, 0.1) is 5.21 Å². The van der Waals surface area contributed by atoms with Gasteiger partial charge in [0.25, 0.3) is 0 Å². The van der Waals surface area contributed by atoms with Crippen LogP contribution in [0.25, 0.3) is 0 Å². The van der Waals surface area contributed by atoms with Crippen LogP contribution in [0.5, 0.6) is 11.5 Å². The number of anilines is 1. The first-order chi connectivity index (χ1) is 11.3. The number of aromatic nitrogens is 2. The quantitative estimate of drug-likeness (QED) is 0.616. The van der Waals surface area contributed by atoms with E-state index in [0.717, 1.165) is 49.0 Å². The highest BCUT2D eigenvalue weighted by molar-refractivity contribution is 5.44. The molecule has 2 aromatic rings. The average molecular weight is 314 g/mol. The molecule has 0 radical (unpaired) electrons. The number of rotatable bonds is 3. The van der Waals surface area contributed by atoms with Crippen molar-refractivity contribution >= 4 is 5.95 Å². The summed E-state index contributed by atoms with van der Waals surface area (Å²) in [6.07, 6.45) is 3.14. The van der Waals surface area contributed by atoms with Gasteiger partial charge in [0.2, 0.25) is 6.79 Å². The third-order valence-corrected chi connectivity index (χ3v) is 4.19. The van der Waals surface area contributed by atoms with Crippen LogP contribution in [-0.2, 0) is 6.54 Å². The molecule has 1 saturated heterocycles. The molecule has 3 heterocycles. The Kier molecular flexibility index (Phi) is 3.63. The second kappa shape index (κ2) is 5.92. The summed E-state index contributed by atoms with van der Waals surface area (Å²) >= 11 is 0. The molecule has 7 heteroatoms. The SMILES string of the molecule is [O-][n+]1cccnc1N1CCN(Cc2ccc3c(c2)OCO3)CC1. The molecule has 1 aromatic heterocycles. The lowest BCUT2D eigenvalue weighted by Gasteiger charge is -2.32. The molecule has 1 fully saturated rings. The van der Waals surface area contributed by atoms with Gasteiger partial charge in [-0.1, -0.05) is 11.1 Å². The first kappa shape index (κ1) is 14.1. The van der Waals surface area contributed by atoms with Gasteiger partial charge in [-0.3, -0.25) is 9.80 Å². The maximum Gasteiger partial charge on any atom is 0.394 e. The van der Waals surface area contributed by atoms with E-state index in [9.17, 15) is 5.21 Å². The number of piperazine rings is 1. The first-order valence-corrected chi connectivity index (χ1v) is 7.69. The van der Waals surface area contributed by atoms with Crippen LogP contribution in [0.2, 0.25) is 0 Å². The molecule has 0 amide bonds. The summed E-state index contributed by atoms with van der Waals surface area (Å²) in [4.78, 5) is 8.58. The minimum atomic E-state index is 0.302. The minimum Gasteiger partial charge on any atom is -0.740 e. The standard InChI is InChI=1S/C16H18N4O3/c21-20-5-1-4-17-16(20)19-8-6-18(7-9-19)11-13-2-3-14-15(10-13)23-12-22-14/h1-5,10H,6-9,11-12H2. The van der Waals surface area contributed by atoms with Crippen molar-refractivity contribution in [3.8, 4) is 11.5 Å². The number of hydrogen-bond acceptors (Lipinski definition) is 6. The summed E-state index contributed by atoms with van der Waals surface area (Å²) < 4.78 is 11.6. The summed E-state index contributed by atoms with van der Waals surface area (Å²) in [5.74, 6) is 2.12. The summed E-state index contributed by atoms with van der Waals surface area (Å²) in [6, 6.07) is 7.72. The molecule has 1 aromatic carbocycles. The van der Waals surface area contributed by atoms with Crippen molar-refractivity contribution in [2.75, 3.05) is 37.9 Å². The van der Waals surface area contributed by atoms with Gasteiger partial charge >= 0.3 is 5.95 Å². The maximum absolute atomic E-state index is 11.8. The van der Waals surface area contributed by atoms with E-state index < -0.39 is 0 Å². The second-order valence-corrected chi connectivity index (χ2v) is 5.70. The van der Waals surface area contributed by atoms with Crippen molar-refractivity contribution in [2.45, 2.75) is 6.54 Å². The van der Waals surface area contributed by atoms with Gasteiger partial charge in [-0.2, -0.15) is 0 Å². The molecule has 0 N–H and O–H groups in total. The number of benzene rings is 1. The van der Waals surface area contributed by atoms with Gasteiger partial charge in [-0.05, 0) is 17.7 Å². The van der Waals surface area contributed by atoms with Crippen molar-refractivity contribution in [1.29, 1.82) is 0 Å². The van der Waals surface area contributed by atoms with Crippen molar-refractivity contribution in [3.05, 3.63) is 47.4 Å². The van der Waals surface area contributed by atoms with Crippen LogP contribution in [0.1, 0.15) is 5.56 Å². The Labute approximate surface area is 134 Å². The van der Waals surface area contributed by atoms with E-state index in [1.165, 1.54) is 11.8 Å². The fourth-order valence-corrected chi connectivity index (χ4v) is 2.97. The fourth-order valence-electron chi connectivity index (χ4n) is 2.97. The summed E-state index contributed by atoms with van der Waals surface area (Å²) in [5, 5.41) is 11.8. The third kappa shape index (κ3) is 2.87. The zero-order valence-corrected chi connectivity index (χ0v) is 12.7. The Morgan fingerprint density at radius 2 is 1.96 bits per heavy atom. The van der Waals surface area contributed by atoms with E-state index in [2.05, 4.69) is 16.0 Å². The Morgan fingerprint density at radius 3 is 2.78 bits per heavy atom. The van der Waals surface area contributed by atoms with Gasteiger partial charge in [-0.25, -0.2) is 4.73 Å². The zero-order chi connectivity index (χ0) is 15.6. The fraction of sp³-hybridized carbons (Fsp3) is 0.375. The van der Waals surface area contributed by atoms with Crippen molar-refractivity contribution < 1.29 is 14.2 Å². The number of hydrogen-bond donors (Lipinski definition) is 0. The average Bonchev–Trinajstić information content (AvgIpc) is 3.04. The van der Waals surface area contributed by atoms with E-state index in [0.29, 0.717) is 12.7 Å². The van der Waals surface area contributed by atoms with Gasteiger partial charge in [0.05, 0.1) is 19.3 Å². The number of fused-ring (bicyclic) bond motifs is 1. The topological polar surface area (TPSA) is 64.8 Å². The van der Waals surface area contributed by atoms with Gasteiger partial charge in [0.1, 0.15) is 6.20 Å². The van der Waals surface area contributed by atoms with E-state index in [1.54, 1.807) is 12.3 Å². The van der Waals surface area contributed by atoms with Crippen LogP contribution >= 0.6 is 0 Å². The van der Waals surface area contributed by atoms with Crippen LogP contribution in [0.4, 0.5) is 5.95 Å². The van der Waals surface area contributed by atoms with Crippen molar-refractivity contribution in [1.82, 2.24) is 9.88 Å². The van der Waals surface area contributed by atoms with Crippen LogP contribution in [-0.4, -0.2) is 42.9 Å². The largest absolute Gasteiger partial charge is 0.740 e. The lowest BCUT2D eigenvalue weighted by molar-refractivity contribution is -0.595. The molecular weight excluding hydrogens is 296 g/mol. The lowest BCUT2D eigenvalue weighted by Crippen LogP contribution is -2.50. The monoisotopic (exact) mass is 314 g/mol. The molecule has 0 bridgehead atoms. The smallest absolute Gasteiger partial charge is 0.394 e. The highest BCUT2D eigenvalue weighted by atomic mass is 16.7. The van der Waals surface area contributed by atoms with E-state index in [4.69, 9.17) is 9.47 Å². The molecule has 23 heavy (non-hydrogen) atoms. The molecule has 7 nitrogen and oxygen atoms in total. The Bertz CT molecular complexity index is 701. The van der Waals surface area contributed by atoms with Gasteiger partial charge in [-0.15, -0.1) is 0 Å². The van der Waals surface area contributed by atoms with Crippen LogP contribution < -0.4 is 19.1 Å². The van der Waals surface area contributed by atoms with Crippen LogP contribution in [0.15, 0.2) is 36.7 Å². The Hall–Kier alpha value is -2.54. The predicted molar refractivity (Wildman–Crippen MR) is 83.3 cm³/mol. The van der Waals surface area contributed by atoms with Crippen LogP contribution in [0.3, 0.4) is 0 Å². The van der Waals surface area contributed by atoms with Crippen molar-refractivity contribution in [2.24, 2.45) is 0 Å². The molecule has 2 aliphatic rings. The molecule has 4 rings (SSSR count). The second-order valence-electron chi connectivity index (χ2n) is 5.70. The molecule has 0 spiro atoms. The van der Waals surface area contributed by atoms with E-state index in [1.807, 2.05) is 17.0 Å². The van der Waals surface area contributed by atoms with Crippen molar-refractivity contribution in [3.63, 3.8) is 0 Å². The third-order valence-electron chi connectivity index (χ3n) is 4.19. The van der Waals surface area contributed by atoms with Gasteiger partial charge in [0, 0.05) is 25.7 Å². The first-order valence-electron chi connectivity index (χ1n) is 7.69. The van der Waals surface area contributed by atoms with E-state index in [-0.39, 0.29) is 0 Å². The summed E-state index contributed by atoms with van der Waals surface area (Å²) in [5.41, 5.74) is 1.21. The number of nitrogens with zero attached hydrogens (tertiary/aromatic N) is 4. The normalized spacial score (nSPS) is 17.5. The summed E-state index contributed by atoms with van der Waals surface area (Å²) in [7, 11) is 0. The predicted octanol–water partition coefficient (Wildman–Crippen LogP) is 0.766. The number of ether oxygens (including phenoxy) is 2. The lowest BCUT2D eigenvalue weighted by atomic mass is 10.1. The molecular formula is C16H18N4O3. The summed E-state index contributed by atoms with van der Waals surface area (Å²) in [6.45, 7) is 4.55. The molecule has 2 aliphatic heterocycles. The van der Waals surface area contributed by atoms with Gasteiger partial charge < -0.3 is 14.7 Å². The molecule has 0 saturated carbocycles. The molecule has 0 unspecified atom stereocenters. The minimum absolute atomic E-state index is 0.302. The molecule has 120 valence electrons.